The molecule has 4 saturated heterocycles. The van der Waals surface area contributed by atoms with E-state index in [1.807, 2.05) is 6.07 Å². The van der Waals surface area contributed by atoms with Crippen LogP contribution < -0.4 is 0 Å². The summed E-state index contributed by atoms with van der Waals surface area (Å²) in [7, 11) is -3.46. The predicted molar refractivity (Wildman–Crippen MR) is 69.6 cm³/mol. The van der Waals surface area contributed by atoms with Crippen LogP contribution in [-0.4, -0.2) is 49.2 Å². The number of rotatable bonds is 2. The first-order valence-corrected chi connectivity index (χ1v) is 8.50. The number of epoxide rings is 2. The smallest absolute Gasteiger partial charge is 0.243 e. The summed E-state index contributed by atoms with van der Waals surface area (Å²) in [4.78, 5) is 0.369. The minimum Gasteiger partial charge on any atom is -0.368 e. The molecular formula is C14H15NO4S. The zero-order valence-corrected chi connectivity index (χ0v) is 11.6. The average Bonchev–Trinajstić information content (AvgIpc) is 3.32. The van der Waals surface area contributed by atoms with Gasteiger partial charge in [-0.1, -0.05) is 18.2 Å². The van der Waals surface area contributed by atoms with E-state index in [9.17, 15) is 8.42 Å². The standard InChI is InChI=1S/C14H15NO4S/c16-20(17,8-4-2-1-3-5-8)15-9-6-11-14(18-11)10(15)7-12-13(9)19-12/h1-5,9-14H,6-7H2/t9-,10-,11-,12+,13-,14+/m1/s1. The molecule has 106 valence electrons. The SMILES string of the molecule is O=S(=O)(c1ccccc1)N1[C@@H]2C[C@H]3O[C@H]3[C@H]1C[C@@H]1O[C@@H]12. The first kappa shape index (κ1) is 11.7. The molecule has 0 aliphatic carbocycles. The third-order valence-corrected chi connectivity index (χ3v) is 6.89. The second-order valence-electron chi connectivity index (χ2n) is 6.03. The third-order valence-electron chi connectivity index (χ3n) is 4.92. The van der Waals surface area contributed by atoms with Crippen LogP contribution in [0.5, 0.6) is 0 Å². The Bertz CT molecular complexity index is 637. The van der Waals surface area contributed by atoms with Crippen LogP contribution in [0.1, 0.15) is 12.8 Å². The summed E-state index contributed by atoms with van der Waals surface area (Å²) in [6.07, 6.45) is 2.20. The molecule has 0 saturated carbocycles. The van der Waals surface area contributed by atoms with Gasteiger partial charge in [0, 0.05) is 0 Å². The van der Waals surface area contributed by atoms with Crippen molar-refractivity contribution in [2.45, 2.75) is 54.2 Å². The van der Waals surface area contributed by atoms with Gasteiger partial charge in [0.05, 0.1) is 29.2 Å². The Morgan fingerprint density at radius 3 is 2.05 bits per heavy atom. The fourth-order valence-electron chi connectivity index (χ4n) is 3.93. The Kier molecular flexibility index (Phi) is 2.12. The van der Waals surface area contributed by atoms with E-state index in [0.717, 1.165) is 12.8 Å². The fraction of sp³-hybridized carbons (Fsp3) is 0.571. The van der Waals surface area contributed by atoms with Crippen molar-refractivity contribution in [2.24, 2.45) is 0 Å². The molecule has 4 aliphatic heterocycles. The van der Waals surface area contributed by atoms with E-state index in [0.29, 0.717) is 4.90 Å². The lowest BCUT2D eigenvalue weighted by Gasteiger charge is -2.40. The van der Waals surface area contributed by atoms with Gasteiger partial charge in [0.25, 0.3) is 0 Å². The zero-order chi connectivity index (χ0) is 13.5. The number of hydrogen-bond acceptors (Lipinski definition) is 4. The van der Waals surface area contributed by atoms with Gasteiger partial charge >= 0.3 is 0 Å². The molecule has 0 unspecified atom stereocenters. The van der Waals surface area contributed by atoms with Gasteiger partial charge in [-0.05, 0) is 25.0 Å². The molecule has 5 rings (SSSR count). The van der Waals surface area contributed by atoms with Gasteiger partial charge in [-0.2, -0.15) is 4.31 Å². The average molecular weight is 293 g/mol. The summed E-state index contributed by atoms with van der Waals surface area (Å²) >= 11 is 0. The van der Waals surface area contributed by atoms with E-state index in [4.69, 9.17) is 9.47 Å². The molecule has 2 bridgehead atoms. The Labute approximate surface area is 117 Å². The largest absolute Gasteiger partial charge is 0.368 e. The molecule has 4 fully saturated rings. The number of benzene rings is 1. The molecule has 0 spiro atoms. The molecule has 0 aromatic heterocycles. The van der Waals surface area contributed by atoms with Gasteiger partial charge in [-0.15, -0.1) is 0 Å². The Morgan fingerprint density at radius 2 is 1.50 bits per heavy atom. The second-order valence-corrected chi connectivity index (χ2v) is 7.88. The van der Waals surface area contributed by atoms with Crippen LogP contribution in [0.25, 0.3) is 0 Å². The van der Waals surface area contributed by atoms with Crippen molar-refractivity contribution in [3.05, 3.63) is 30.3 Å². The van der Waals surface area contributed by atoms with Gasteiger partial charge < -0.3 is 9.47 Å². The van der Waals surface area contributed by atoms with E-state index in [1.165, 1.54) is 0 Å². The maximum atomic E-state index is 12.9. The summed E-state index contributed by atoms with van der Waals surface area (Å²) in [6, 6.07) is 8.59. The highest BCUT2D eigenvalue weighted by molar-refractivity contribution is 7.89. The van der Waals surface area contributed by atoms with Crippen molar-refractivity contribution in [3.63, 3.8) is 0 Å². The summed E-state index contributed by atoms with van der Waals surface area (Å²) in [6.45, 7) is 0. The number of ether oxygens (including phenoxy) is 2. The number of piperidine rings is 2. The summed E-state index contributed by atoms with van der Waals surface area (Å²) < 4.78 is 38.9. The molecule has 4 heterocycles. The van der Waals surface area contributed by atoms with E-state index >= 15 is 0 Å². The van der Waals surface area contributed by atoms with Crippen molar-refractivity contribution in [1.29, 1.82) is 0 Å². The number of nitrogens with zero attached hydrogens (tertiary/aromatic N) is 1. The quantitative estimate of drug-likeness (QED) is 0.755. The second kappa shape index (κ2) is 3.62. The van der Waals surface area contributed by atoms with Crippen LogP contribution in [0.4, 0.5) is 0 Å². The molecule has 0 amide bonds. The van der Waals surface area contributed by atoms with Crippen LogP contribution >= 0.6 is 0 Å². The normalized spacial score (nSPS) is 45.4. The van der Waals surface area contributed by atoms with Crippen molar-refractivity contribution in [3.8, 4) is 0 Å². The maximum absolute atomic E-state index is 12.9. The topological polar surface area (TPSA) is 62.4 Å². The Hall–Kier alpha value is -0.950. The van der Waals surface area contributed by atoms with Gasteiger partial charge in [0.2, 0.25) is 10.0 Å². The number of fused-ring (bicyclic) bond motifs is 6. The van der Waals surface area contributed by atoms with Crippen molar-refractivity contribution in [2.75, 3.05) is 0 Å². The summed E-state index contributed by atoms with van der Waals surface area (Å²) in [5.74, 6) is 0. The van der Waals surface area contributed by atoms with Crippen LogP contribution in [0, 0.1) is 0 Å². The molecule has 1 aromatic rings. The Balaban J connectivity index is 1.60. The van der Waals surface area contributed by atoms with Gasteiger partial charge in [-0.3, -0.25) is 0 Å². The summed E-state index contributed by atoms with van der Waals surface area (Å²) in [5, 5.41) is 0. The van der Waals surface area contributed by atoms with E-state index < -0.39 is 10.0 Å². The molecule has 0 N–H and O–H groups in total. The molecular weight excluding hydrogens is 278 g/mol. The molecule has 20 heavy (non-hydrogen) atoms. The van der Waals surface area contributed by atoms with E-state index in [2.05, 4.69) is 0 Å². The number of sulfonamides is 1. The van der Waals surface area contributed by atoms with Crippen LogP contribution in [0.2, 0.25) is 0 Å². The monoisotopic (exact) mass is 293 g/mol. The van der Waals surface area contributed by atoms with Gasteiger partial charge in [0.15, 0.2) is 0 Å². The highest BCUT2D eigenvalue weighted by atomic mass is 32.2. The van der Waals surface area contributed by atoms with Crippen LogP contribution in [0.15, 0.2) is 35.2 Å². The third kappa shape index (κ3) is 1.45. The van der Waals surface area contributed by atoms with Gasteiger partial charge in [0.1, 0.15) is 12.2 Å². The van der Waals surface area contributed by atoms with Gasteiger partial charge in [-0.25, -0.2) is 8.42 Å². The fourth-order valence-corrected chi connectivity index (χ4v) is 5.80. The van der Waals surface area contributed by atoms with Crippen molar-refractivity contribution < 1.29 is 17.9 Å². The minimum atomic E-state index is -3.46. The minimum absolute atomic E-state index is 0.0484. The first-order valence-electron chi connectivity index (χ1n) is 7.06. The first-order chi connectivity index (χ1) is 9.66. The van der Waals surface area contributed by atoms with Crippen LogP contribution in [0.3, 0.4) is 0 Å². The predicted octanol–water partition coefficient (Wildman–Crippen LogP) is 0.757. The zero-order valence-electron chi connectivity index (χ0n) is 10.8. The van der Waals surface area contributed by atoms with Crippen molar-refractivity contribution in [1.82, 2.24) is 4.31 Å². The van der Waals surface area contributed by atoms with E-state index in [1.54, 1.807) is 28.6 Å². The van der Waals surface area contributed by atoms with E-state index in [-0.39, 0.29) is 36.5 Å². The summed E-state index contributed by atoms with van der Waals surface area (Å²) in [5.41, 5.74) is 0. The number of hydrogen-bond donors (Lipinski definition) is 0. The lowest BCUT2D eigenvalue weighted by molar-refractivity contribution is 0.159. The molecule has 6 atom stereocenters. The maximum Gasteiger partial charge on any atom is 0.243 e. The highest BCUT2D eigenvalue weighted by Crippen LogP contribution is 2.52. The molecule has 0 radical (unpaired) electrons. The molecule has 1 aromatic carbocycles. The lowest BCUT2D eigenvalue weighted by Crippen LogP contribution is -2.58. The Morgan fingerprint density at radius 1 is 0.950 bits per heavy atom. The van der Waals surface area contributed by atoms with Crippen molar-refractivity contribution >= 4 is 10.0 Å². The van der Waals surface area contributed by atoms with Crippen LogP contribution in [-0.2, 0) is 19.5 Å². The molecule has 6 heteroatoms. The molecule has 4 aliphatic rings. The highest BCUT2D eigenvalue weighted by Gasteiger charge is 2.67. The molecule has 5 nitrogen and oxygen atoms in total. The lowest BCUT2D eigenvalue weighted by atomic mass is 9.87.